The van der Waals surface area contributed by atoms with Crippen LogP contribution in [0.15, 0.2) is 0 Å². The van der Waals surface area contributed by atoms with E-state index in [2.05, 4.69) is 39.5 Å². The number of rotatable bonds is 3. The van der Waals surface area contributed by atoms with Gasteiger partial charge in [-0.05, 0) is 34.2 Å². The monoisotopic (exact) mass is 309 g/mol. The Morgan fingerprint density at radius 3 is 1.30 bits per heavy atom. The van der Waals surface area contributed by atoms with E-state index < -0.39 is 0 Å². The molecule has 0 aliphatic rings. The number of hydrogen-bond donors (Lipinski definition) is 0. The Labute approximate surface area is 84.0 Å². The van der Waals surface area contributed by atoms with Crippen LogP contribution in [0, 0.1) is 0 Å². The fourth-order valence-electron chi connectivity index (χ4n) is 1.33. The van der Waals surface area contributed by atoms with Crippen molar-refractivity contribution in [2.75, 3.05) is 6.54 Å². The van der Waals surface area contributed by atoms with Crippen molar-refractivity contribution in [1.29, 1.82) is 0 Å². The molecule has 2 heteroatoms. The van der Waals surface area contributed by atoms with Gasteiger partial charge in [-0.1, -0.05) is 6.92 Å². The minimum Gasteiger partial charge on any atom is -0.299 e. The molecule has 0 aromatic carbocycles. The molecule has 0 unspecified atom stereocenters. The zero-order valence-corrected chi connectivity index (χ0v) is 11.4. The molecule has 0 N–H and O–H groups in total. The van der Waals surface area contributed by atoms with Crippen LogP contribution < -0.4 is 0 Å². The van der Waals surface area contributed by atoms with Crippen LogP contribution in [-0.4, -0.2) is 23.5 Å². The van der Waals surface area contributed by atoms with Gasteiger partial charge >= 0.3 is 0 Å². The zero-order chi connectivity index (χ0) is 7.44. The van der Waals surface area contributed by atoms with Gasteiger partial charge in [0.1, 0.15) is 0 Å². The third kappa shape index (κ3) is 4.62. The second-order valence-corrected chi connectivity index (χ2v) is 3.02. The van der Waals surface area contributed by atoms with Gasteiger partial charge in [-0.2, -0.15) is 0 Å². The largest absolute Gasteiger partial charge is 0.299 e. The van der Waals surface area contributed by atoms with E-state index in [1.165, 1.54) is 0 Å². The summed E-state index contributed by atoms with van der Waals surface area (Å²) in [6, 6.07) is 1.38. The first-order valence-corrected chi connectivity index (χ1v) is 3.85. The summed E-state index contributed by atoms with van der Waals surface area (Å²) < 4.78 is 0. The molecule has 0 amide bonds. The molecule has 60 valence electrons. The first kappa shape index (κ1) is 13.4. The first-order valence-electron chi connectivity index (χ1n) is 3.85. The minimum absolute atomic E-state index is 0. The standard InChI is InChI=1S/C8H19N.Hf/c1-6-9(7(2)3)8(4)5;/h7-8H,6H2,1-5H3;. The summed E-state index contributed by atoms with van der Waals surface area (Å²) in [4.78, 5) is 2.46. The van der Waals surface area contributed by atoms with Crippen molar-refractivity contribution in [3.05, 3.63) is 0 Å². The summed E-state index contributed by atoms with van der Waals surface area (Å²) in [6.45, 7) is 12.3. The second kappa shape index (κ2) is 6.53. The number of hydrogen-bond acceptors (Lipinski definition) is 1. The topological polar surface area (TPSA) is 3.24 Å². The van der Waals surface area contributed by atoms with Crippen molar-refractivity contribution in [2.45, 2.75) is 46.7 Å². The minimum atomic E-state index is 0. The summed E-state index contributed by atoms with van der Waals surface area (Å²) in [7, 11) is 0. The fourth-order valence-corrected chi connectivity index (χ4v) is 1.33. The molecule has 0 bridgehead atoms. The third-order valence-corrected chi connectivity index (χ3v) is 1.69. The van der Waals surface area contributed by atoms with Crippen LogP contribution in [-0.2, 0) is 25.8 Å². The van der Waals surface area contributed by atoms with E-state index in [0.29, 0.717) is 12.1 Å². The van der Waals surface area contributed by atoms with Gasteiger partial charge in [0.05, 0.1) is 0 Å². The Bertz CT molecular complexity index is 63.7. The summed E-state index contributed by atoms with van der Waals surface area (Å²) in [6.07, 6.45) is 0. The molecule has 0 aromatic rings. The van der Waals surface area contributed by atoms with Crippen LogP contribution >= 0.6 is 0 Å². The van der Waals surface area contributed by atoms with Crippen molar-refractivity contribution < 1.29 is 25.8 Å². The Morgan fingerprint density at radius 1 is 1.00 bits per heavy atom. The smallest absolute Gasteiger partial charge is 0.00411 e. The maximum atomic E-state index is 2.46. The maximum Gasteiger partial charge on any atom is 0.00411 e. The maximum absolute atomic E-state index is 2.46. The molecule has 0 rings (SSSR count). The van der Waals surface area contributed by atoms with E-state index in [1.54, 1.807) is 0 Å². The van der Waals surface area contributed by atoms with Gasteiger partial charge in [0.2, 0.25) is 0 Å². The van der Waals surface area contributed by atoms with Crippen LogP contribution in [0.5, 0.6) is 0 Å². The van der Waals surface area contributed by atoms with Gasteiger partial charge in [0.25, 0.3) is 0 Å². The average Bonchev–Trinajstić information content (AvgIpc) is 1.64. The van der Waals surface area contributed by atoms with Crippen molar-refractivity contribution in [3.63, 3.8) is 0 Å². The van der Waals surface area contributed by atoms with Gasteiger partial charge in [0, 0.05) is 37.9 Å². The summed E-state index contributed by atoms with van der Waals surface area (Å²) in [5.74, 6) is 0. The second-order valence-electron chi connectivity index (χ2n) is 3.02. The van der Waals surface area contributed by atoms with Gasteiger partial charge in [0.15, 0.2) is 0 Å². The molecule has 10 heavy (non-hydrogen) atoms. The molecular weight excluding hydrogens is 289 g/mol. The Morgan fingerprint density at radius 2 is 1.30 bits per heavy atom. The van der Waals surface area contributed by atoms with Crippen molar-refractivity contribution in [1.82, 2.24) is 4.90 Å². The summed E-state index contributed by atoms with van der Waals surface area (Å²) >= 11 is 0. The van der Waals surface area contributed by atoms with E-state index >= 15 is 0 Å². The van der Waals surface area contributed by atoms with Gasteiger partial charge in [-0.25, -0.2) is 0 Å². The van der Waals surface area contributed by atoms with Crippen LogP contribution in [0.25, 0.3) is 0 Å². The molecule has 0 aliphatic heterocycles. The van der Waals surface area contributed by atoms with Crippen molar-refractivity contribution >= 4 is 0 Å². The predicted molar refractivity (Wildman–Crippen MR) is 42.7 cm³/mol. The Balaban J connectivity index is 0. The summed E-state index contributed by atoms with van der Waals surface area (Å²) in [5.41, 5.74) is 0. The first-order chi connectivity index (χ1) is 4.09. The Kier molecular flexibility index (Phi) is 8.77. The molecule has 0 aliphatic carbocycles. The molecule has 0 spiro atoms. The van der Waals surface area contributed by atoms with Gasteiger partial charge < -0.3 is 0 Å². The van der Waals surface area contributed by atoms with Gasteiger partial charge in [-0.15, -0.1) is 0 Å². The van der Waals surface area contributed by atoms with E-state index in [9.17, 15) is 0 Å². The van der Waals surface area contributed by atoms with Crippen molar-refractivity contribution in [3.8, 4) is 0 Å². The normalized spacial score (nSPS) is 10.8. The van der Waals surface area contributed by atoms with E-state index in [0.717, 1.165) is 6.54 Å². The molecule has 0 heterocycles. The molecular formula is C8H19HfN. The third-order valence-electron chi connectivity index (χ3n) is 1.69. The fraction of sp³-hybridized carbons (Fsp3) is 1.00. The Hall–Kier alpha value is 0.830. The number of nitrogens with zero attached hydrogens (tertiary/aromatic N) is 1. The van der Waals surface area contributed by atoms with E-state index in [4.69, 9.17) is 0 Å². The summed E-state index contributed by atoms with van der Waals surface area (Å²) in [5, 5.41) is 0. The van der Waals surface area contributed by atoms with Crippen LogP contribution in [0.3, 0.4) is 0 Å². The molecule has 1 nitrogen and oxygen atoms in total. The van der Waals surface area contributed by atoms with Crippen molar-refractivity contribution in [2.24, 2.45) is 0 Å². The molecule has 0 atom stereocenters. The molecule has 0 saturated carbocycles. The zero-order valence-electron chi connectivity index (χ0n) is 7.81. The van der Waals surface area contributed by atoms with E-state index in [-0.39, 0.29) is 25.8 Å². The van der Waals surface area contributed by atoms with Crippen LogP contribution in [0.4, 0.5) is 0 Å². The van der Waals surface area contributed by atoms with Crippen LogP contribution in [0.1, 0.15) is 34.6 Å². The molecule has 0 saturated heterocycles. The predicted octanol–water partition coefficient (Wildman–Crippen LogP) is 2.12. The molecule has 0 radical (unpaired) electrons. The van der Waals surface area contributed by atoms with Gasteiger partial charge in [-0.3, -0.25) is 4.90 Å². The average molecular weight is 308 g/mol. The van der Waals surface area contributed by atoms with E-state index in [1.807, 2.05) is 0 Å². The SMILES string of the molecule is CCN(C(C)C)C(C)C.[Hf]. The van der Waals surface area contributed by atoms with Crippen LogP contribution in [0.2, 0.25) is 0 Å². The molecule has 0 fully saturated rings. The quantitative estimate of drug-likeness (QED) is 0.722. The molecule has 0 aromatic heterocycles.